The summed E-state index contributed by atoms with van der Waals surface area (Å²) >= 11 is 0. The maximum Gasteiger partial charge on any atom is 0.242 e. The zero-order chi connectivity index (χ0) is 21.3. The van der Waals surface area contributed by atoms with E-state index in [9.17, 15) is 9.59 Å². The molecular weight excluding hydrogens is 380 g/mol. The molecule has 0 radical (unpaired) electrons. The molecule has 1 aliphatic heterocycles. The van der Waals surface area contributed by atoms with Gasteiger partial charge in [-0.3, -0.25) is 9.59 Å². The van der Waals surface area contributed by atoms with Gasteiger partial charge in [-0.15, -0.1) is 0 Å². The summed E-state index contributed by atoms with van der Waals surface area (Å²) in [4.78, 5) is 27.3. The number of amides is 2. The van der Waals surface area contributed by atoms with Crippen molar-refractivity contribution < 1.29 is 19.1 Å². The number of rotatable bonds is 9. The van der Waals surface area contributed by atoms with E-state index in [1.165, 1.54) is 0 Å². The summed E-state index contributed by atoms with van der Waals surface area (Å²) in [5.74, 6) is 1.29. The first-order valence-electron chi connectivity index (χ1n) is 10.6. The summed E-state index contributed by atoms with van der Waals surface area (Å²) in [5, 5.41) is 2.90. The standard InChI is InChI=1S/C24H30N2O4/c1-3-13-25-24(28)18(2)26(17-20-7-5-4-6-8-20)23(27)12-10-19-9-11-21-22(16-19)30-15-14-29-21/h4-9,11,16,18H,3,10,12-15,17H2,1-2H3,(H,25,28)/t18-/m1/s1. The lowest BCUT2D eigenvalue weighted by atomic mass is 10.1. The molecule has 1 N–H and O–H groups in total. The molecule has 160 valence electrons. The van der Waals surface area contributed by atoms with Crippen molar-refractivity contribution in [3.8, 4) is 11.5 Å². The van der Waals surface area contributed by atoms with Gasteiger partial charge in [0.2, 0.25) is 11.8 Å². The van der Waals surface area contributed by atoms with Crippen LogP contribution in [0.1, 0.15) is 37.8 Å². The van der Waals surface area contributed by atoms with Crippen LogP contribution >= 0.6 is 0 Å². The summed E-state index contributed by atoms with van der Waals surface area (Å²) in [6.07, 6.45) is 1.75. The molecule has 0 aliphatic carbocycles. The van der Waals surface area contributed by atoms with Gasteiger partial charge in [0.1, 0.15) is 19.3 Å². The third kappa shape index (κ3) is 5.75. The number of carbonyl (C=O) groups is 2. The zero-order valence-corrected chi connectivity index (χ0v) is 17.7. The molecule has 0 aromatic heterocycles. The quantitative estimate of drug-likeness (QED) is 0.689. The molecule has 0 unspecified atom stereocenters. The predicted molar refractivity (Wildman–Crippen MR) is 116 cm³/mol. The van der Waals surface area contributed by atoms with E-state index in [0.717, 1.165) is 29.0 Å². The number of ether oxygens (including phenoxy) is 2. The Balaban J connectivity index is 1.68. The van der Waals surface area contributed by atoms with Gasteiger partial charge in [0.15, 0.2) is 11.5 Å². The van der Waals surface area contributed by atoms with Crippen molar-refractivity contribution in [3.63, 3.8) is 0 Å². The molecule has 1 heterocycles. The van der Waals surface area contributed by atoms with Crippen LogP contribution in [0.15, 0.2) is 48.5 Å². The predicted octanol–water partition coefficient (Wildman–Crippen LogP) is 3.33. The van der Waals surface area contributed by atoms with Crippen molar-refractivity contribution in [1.29, 1.82) is 0 Å². The molecule has 6 heteroatoms. The molecule has 0 bridgehead atoms. The van der Waals surface area contributed by atoms with Crippen LogP contribution in [0.2, 0.25) is 0 Å². The van der Waals surface area contributed by atoms with Gasteiger partial charge in [-0.2, -0.15) is 0 Å². The Morgan fingerprint density at radius 1 is 1.03 bits per heavy atom. The third-order valence-electron chi connectivity index (χ3n) is 5.15. The minimum atomic E-state index is -0.537. The molecule has 2 aromatic rings. The maximum atomic E-state index is 13.1. The lowest BCUT2D eigenvalue weighted by Gasteiger charge is -2.29. The van der Waals surface area contributed by atoms with Crippen LogP contribution in [0, 0.1) is 0 Å². The summed E-state index contributed by atoms with van der Waals surface area (Å²) in [6, 6.07) is 15.0. The summed E-state index contributed by atoms with van der Waals surface area (Å²) in [6.45, 7) is 5.89. The largest absolute Gasteiger partial charge is 0.486 e. The Morgan fingerprint density at radius 3 is 2.50 bits per heavy atom. The molecule has 0 fully saturated rings. The van der Waals surface area contributed by atoms with Crippen molar-refractivity contribution in [3.05, 3.63) is 59.7 Å². The van der Waals surface area contributed by atoms with Gasteiger partial charge in [-0.05, 0) is 43.0 Å². The van der Waals surface area contributed by atoms with Crippen LogP contribution in [-0.4, -0.2) is 42.5 Å². The fraction of sp³-hybridized carbons (Fsp3) is 0.417. The van der Waals surface area contributed by atoms with Gasteiger partial charge >= 0.3 is 0 Å². The van der Waals surface area contributed by atoms with Crippen molar-refractivity contribution in [2.24, 2.45) is 0 Å². The van der Waals surface area contributed by atoms with Gasteiger partial charge in [-0.25, -0.2) is 0 Å². The molecule has 30 heavy (non-hydrogen) atoms. The van der Waals surface area contributed by atoms with Crippen molar-refractivity contribution >= 4 is 11.8 Å². The second-order valence-electron chi connectivity index (χ2n) is 7.45. The molecule has 0 spiro atoms. The van der Waals surface area contributed by atoms with E-state index in [2.05, 4.69) is 5.32 Å². The molecule has 0 saturated heterocycles. The van der Waals surface area contributed by atoms with Gasteiger partial charge < -0.3 is 19.7 Å². The SMILES string of the molecule is CCCNC(=O)[C@@H](C)N(Cc1ccccc1)C(=O)CCc1ccc2c(c1)OCCO2. The van der Waals surface area contributed by atoms with Crippen LogP contribution in [-0.2, 0) is 22.6 Å². The van der Waals surface area contributed by atoms with E-state index >= 15 is 0 Å². The molecular formula is C24H30N2O4. The Labute approximate surface area is 178 Å². The molecule has 1 atom stereocenters. The van der Waals surface area contributed by atoms with Crippen molar-refractivity contribution in [2.75, 3.05) is 19.8 Å². The Bertz CT molecular complexity index is 854. The highest BCUT2D eigenvalue weighted by Gasteiger charge is 2.25. The van der Waals surface area contributed by atoms with E-state index in [1.807, 2.05) is 55.5 Å². The van der Waals surface area contributed by atoms with Crippen LogP contribution < -0.4 is 14.8 Å². The fourth-order valence-electron chi connectivity index (χ4n) is 3.40. The molecule has 2 amide bonds. The lowest BCUT2D eigenvalue weighted by molar-refractivity contribution is -0.140. The average Bonchev–Trinajstić information content (AvgIpc) is 2.79. The Hall–Kier alpha value is -3.02. The van der Waals surface area contributed by atoms with Crippen LogP contribution in [0.25, 0.3) is 0 Å². The van der Waals surface area contributed by atoms with E-state index in [4.69, 9.17) is 9.47 Å². The minimum Gasteiger partial charge on any atom is -0.486 e. The average molecular weight is 411 g/mol. The Morgan fingerprint density at radius 2 is 1.77 bits per heavy atom. The second kappa shape index (κ2) is 10.7. The highest BCUT2D eigenvalue weighted by Crippen LogP contribution is 2.31. The Kier molecular flexibility index (Phi) is 7.71. The second-order valence-corrected chi connectivity index (χ2v) is 7.45. The number of hydrogen-bond acceptors (Lipinski definition) is 4. The van der Waals surface area contributed by atoms with Gasteiger partial charge in [0, 0.05) is 19.5 Å². The van der Waals surface area contributed by atoms with Crippen molar-refractivity contribution in [2.45, 2.75) is 45.7 Å². The maximum absolute atomic E-state index is 13.1. The van der Waals surface area contributed by atoms with E-state index in [0.29, 0.717) is 39.1 Å². The highest BCUT2D eigenvalue weighted by atomic mass is 16.6. The lowest BCUT2D eigenvalue weighted by Crippen LogP contribution is -2.47. The molecule has 3 rings (SSSR count). The highest BCUT2D eigenvalue weighted by molar-refractivity contribution is 5.87. The molecule has 6 nitrogen and oxygen atoms in total. The molecule has 2 aromatic carbocycles. The topological polar surface area (TPSA) is 67.9 Å². The first-order chi connectivity index (χ1) is 14.6. The van der Waals surface area contributed by atoms with Gasteiger partial charge in [0.25, 0.3) is 0 Å². The summed E-state index contributed by atoms with van der Waals surface area (Å²) < 4.78 is 11.2. The molecule has 0 saturated carbocycles. The first-order valence-corrected chi connectivity index (χ1v) is 10.6. The minimum absolute atomic E-state index is 0.0482. The number of fused-ring (bicyclic) bond motifs is 1. The number of nitrogens with zero attached hydrogens (tertiary/aromatic N) is 1. The van der Waals surface area contributed by atoms with E-state index in [1.54, 1.807) is 11.8 Å². The monoisotopic (exact) mass is 410 g/mol. The number of aryl methyl sites for hydroxylation is 1. The van der Waals surface area contributed by atoms with E-state index in [-0.39, 0.29) is 11.8 Å². The third-order valence-corrected chi connectivity index (χ3v) is 5.15. The normalized spacial score (nSPS) is 13.4. The van der Waals surface area contributed by atoms with Gasteiger partial charge in [0.05, 0.1) is 0 Å². The van der Waals surface area contributed by atoms with E-state index < -0.39 is 6.04 Å². The first kappa shape index (κ1) is 21.7. The zero-order valence-electron chi connectivity index (χ0n) is 17.7. The number of nitrogens with one attached hydrogen (secondary N) is 1. The fourth-order valence-corrected chi connectivity index (χ4v) is 3.40. The summed E-state index contributed by atoms with van der Waals surface area (Å²) in [5.41, 5.74) is 2.01. The number of benzene rings is 2. The summed E-state index contributed by atoms with van der Waals surface area (Å²) in [7, 11) is 0. The smallest absolute Gasteiger partial charge is 0.242 e. The van der Waals surface area contributed by atoms with Gasteiger partial charge in [-0.1, -0.05) is 43.3 Å². The molecule has 1 aliphatic rings. The van der Waals surface area contributed by atoms with Crippen LogP contribution in [0.5, 0.6) is 11.5 Å². The van der Waals surface area contributed by atoms with Crippen LogP contribution in [0.4, 0.5) is 0 Å². The number of carbonyl (C=O) groups excluding carboxylic acids is 2. The van der Waals surface area contributed by atoms with Crippen molar-refractivity contribution in [1.82, 2.24) is 10.2 Å². The van der Waals surface area contributed by atoms with Crippen LogP contribution in [0.3, 0.4) is 0 Å². The number of hydrogen-bond donors (Lipinski definition) is 1.